The van der Waals surface area contributed by atoms with Crippen LogP contribution in [0.3, 0.4) is 0 Å². The SMILES string of the molecule is O=C(O)O[C@@]1(O)[C@@H](CO)OC2(O)OP3(=O)O[C@]1(O)[C@@]2(O)O3. The van der Waals surface area contributed by atoms with Gasteiger partial charge in [0.05, 0.1) is 6.61 Å². The van der Waals surface area contributed by atoms with Gasteiger partial charge in [-0.2, -0.15) is 0 Å². The van der Waals surface area contributed by atoms with Gasteiger partial charge in [0.1, 0.15) is 0 Å². The maximum atomic E-state index is 11.8. The highest BCUT2D eigenvalue weighted by Gasteiger charge is 2.94. The van der Waals surface area contributed by atoms with Crippen molar-refractivity contribution in [3.8, 4) is 0 Å². The lowest BCUT2D eigenvalue weighted by Gasteiger charge is -2.54. The third kappa shape index (κ3) is 1.46. The van der Waals surface area contributed by atoms with Crippen molar-refractivity contribution >= 4 is 14.0 Å². The van der Waals surface area contributed by atoms with Crippen LogP contribution in [0.5, 0.6) is 0 Å². The Morgan fingerprint density at radius 2 is 1.71 bits per heavy atom. The highest BCUT2D eigenvalue weighted by atomic mass is 31.2. The van der Waals surface area contributed by atoms with Crippen LogP contribution in [-0.4, -0.2) is 72.8 Å². The molecule has 2 bridgehead atoms. The molecular weight excluding hydrogens is 323 g/mol. The molecule has 3 rings (SSSR count). The van der Waals surface area contributed by atoms with Gasteiger partial charge in [-0.25, -0.2) is 22.9 Å². The van der Waals surface area contributed by atoms with Crippen molar-refractivity contribution in [2.45, 2.75) is 29.4 Å². The predicted octanol–water partition coefficient (Wildman–Crippen LogP) is -3.03. The lowest BCUT2D eigenvalue weighted by Crippen LogP contribution is -2.84. The number of carboxylic acid groups (broad SMARTS) is 1. The van der Waals surface area contributed by atoms with Gasteiger partial charge in [-0.3, -0.25) is 0 Å². The molecule has 0 amide bonds. The number of ether oxygens (including phenoxy) is 2. The summed E-state index contributed by atoms with van der Waals surface area (Å²) in [6.45, 7) is -1.22. The average molecular weight is 332 g/mol. The predicted molar refractivity (Wildman–Crippen MR) is 51.7 cm³/mol. The summed E-state index contributed by atoms with van der Waals surface area (Å²) in [5, 5.41) is 58.1. The summed E-state index contributed by atoms with van der Waals surface area (Å²) >= 11 is 0. The lowest BCUT2D eigenvalue weighted by atomic mass is 9.87. The van der Waals surface area contributed by atoms with Gasteiger partial charge in [-0.05, 0) is 0 Å². The van der Waals surface area contributed by atoms with E-state index in [-0.39, 0.29) is 0 Å². The van der Waals surface area contributed by atoms with Gasteiger partial charge in [-0.1, -0.05) is 0 Å². The van der Waals surface area contributed by atoms with E-state index in [1.807, 2.05) is 0 Å². The van der Waals surface area contributed by atoms with Crippen LogP contribution in [0.15, 0.2) is 0 Å². The van der Waals surface area contributed by atoms with E-state index in [0.717, 1.165) is 0 Å². The largest absolute Gasteiger partial charge is 0.508 e. The Balaban J connectivity index is 2.19. The van der Waals surface area contributed by atoms with Crippen molar-refractivity contribution in [1.82, 2.24) is 0 Å². The molecule has 14 heteroatoms. The second-order valence-corrected chi connectivity index (χ2v) is 5.89. The molecule has 6 N–H and O–H groups in total. The van der Waals surface area contributed by atoms with E-state index in [1.165, 1.54) is 0 Å². The maximum absolute atomic E-state index is 11.8. The van der Waals surface area contributed by atoms with Crippen molar-refractivity contribution < 1.29 is 63.0 Å². The molecule has 6 atom stereocenters. The Morgan fingerprint density at radius 3 is 2.19 bits per heavy atom. The fourth-order valence-electron chi connectivity index (χ4n) is 2.32. The number of carbonyl (C=O) groups is 1. The number of phosphoric acid groups is 1. The Labute approximate surface area is 114 Å². The zero-order valence-corrected chi connectivity index (χ0v) is 10.7. The van der Waals surface area contributed by atoms with Gasteiger partial charge in [0, 0.05) is 0 Å². The quantitative estimate of drug-likeness (QED) is 0.169. The van der Waals surface area contributed by atoms with Crippen molar-refractivity contribution in [3.63, 3.8) is 0 Å². The fourth-order valence-corrected chi connectivity index (χ4v) is 4.04. The third-order valence-electron chi connectivity index (χ3n) is 3.24. The molecule has 0 aromatic carbocycles. The van der Waals surface area contributed by atoms with Gasteiger partial charge in [-0.15, -0.1) is 0 Å². The summed E-state index contributed by atoms with van der Waals surface area (Å²) in [5.74, 6) is -13.9. The van der Waals surface area contributed by atoms with Crippen LogP contribution >= 0.6 is 7.82 Å². The molecule has 3 aliphatic heterocycles. The standard InChI is InChI=1S/C7H9O13P/c8-1-2-4(11,17-3(9)10)5(12)6(13)7(14,16-2)20-21(15,18-5)19-6/h2,8,11-14H,1H2,(H,9,10)/t2-,4+,5+,6-,7?,21?/m1/s1. The Hall–Kier alpha value is -0.860. The lowest BCUT2D eigenvalue weighted by molar-refractivity contribution is -0.568. The van der Waals surface area contributed by atoms with Crippen molar-refractivity contribution in [3.05, 3.63) is 0 Å². The summed E-state index contributed by atoms with van der Waals surface area (Å²) in [6.07, 6.45) is -4.35. The maximum Gasteiger partial charge on any atom is 0.508 e. The number of hydrogen-bond donors (Lipinski definition) is 6. The van der Waals surface area contributed by atoms with E-state index in [2.05, 4.69) is 23.0 Å². The number of aliphatic hydroxyl groups is 5. The number of phosphoric ester groups is 1. The molecule has 0 aliphatic carbocycles. The second kappa shape index (κ2) is 3.72. The molecule has 0 saturated carbocycles. The van der Waals surface area contributed by atoms with Crippen LogP contribution in [0.25, 0.3) is 0 Å². The Morgan fingerprint density at radius 1 is 1.14 bits per heavy atom. The molecule has 3 fully saturated rings. The number of hydrogen-bond acceptors (Lipinski definition) is 12. The molecule has 3 heterocycles. The van der Waals surface area contributed by atoms with E-state index in [0.29, 0.717) is 0 Å². The highest BCUT2D eigenvalue weighted by Crippen LogP contribution is 2.77. The second-order valence-electron chi connectivity index (χ2n) is 4.44. The zero-order chi connectivity index (χ0) is 15.9. The first-order valence-corrected chi connectivity index (χ1v) is 6.74. The van der Waals surface area contributed by atoms with Crippen LogP contribution in [-0.2, 0) is 27.6 Å². The van der Waals surface area contributed by atoms with Gasteiger partial charge < -0.3 is 40.1 Å². The first kappa shape index (κ1) is 15.1. The summed E-state index contributed by atoms with van der Waals surface area (Å²) in [5.41, 5.74) is 0. The Bertz CT molecular complexity index is 565. The first-order valence-electron chi connectivity index (χ1n) is 5.28. The highest BCUT2D eigenvalue weighted by molar-refractivity contribution is 7.49. The molecule has 0 spiro atoms. The van der Waals surface area contributed by atoms with Gasteiger partial charge in [0.15, 0.2) is 6.10 Å². The fraction of sp³-hybridized carbons (Fsp3) is 0.857. The van der Waals surface area contributed by atoms with Gasteiger partial charge in [0.25, 0.3) is 0 Å². The van der Waals surface area contributed by atoms with E-state index in [1.54, 1.807) is 0 Å². The summed E-state index contributed by atoms with van der Waals surface area (Å²) in [6, 6.07) is 0. The van der Waals surface area contributed by atoms with Crippen molar-refractivity contribution in [2.24, 2.45) is 0 Å². The summed E-state index contributed by atoms with van der Waals surface area (Å²) in [4.78, 5) is 10.7. The topological polar surface area (TPSA) is 202 Å². The molecule has 3 aliphatic rings. The van der Waals surface area contributed by atoms with E-state index in [9.17, 15) is 29.8 Å². The molecule has 120 valence electrons. The summed E-state index contributed by atoms with van der Waals surface area (Å²) < 4.78 is 33.4. The van der Waals surface area contributed by atoms with Crippen molar-refractivity contribution in [1.29, 1.82) is 0 Å². The molecule has 13 nitrogen and oxygen atoms in total. The molecular formula is C7H9O13P. The van der Waals surface area contributed by atoms with Crippen LogP contribution in [0, 0.1) is 0 Å². The van der Waals surface area contributed by atoms with Crippen LogP contribution < -0.4 is 0 Å². The van der Waals surface area contributed by atoms with E-state index < -0.39 is 50.0 Å². The molecule has 0 aromatic rings. The molecule has 2 unspecified atom stereocenters. The number of aliphatic hydroxyl groups excluding tert-OH is 1. The van der Waals surface area contributed by atoms with E-state index in [4.69, 9.17) is 10.2 Å². The van der Waals surface area contributed by atoms with Gasteiger partial charge in [0.2, 0.25) is 0 Å². The summed E-state index contributed by atoms with van der Waals surface area (Å²) in [7, 11) is -4.80. The molecule has 21 heavy (non-hydrogen) atoms. The van der Waals surface area contributed by atoms with Crippen molar-refractivity contribution in [2.75, 3.05) is 6.61 Å². The Kier molecular flexibility index (Phi) is 2.67. The zero-order valence-electron chi connectivity index (χ0n) is 9.77. The average Bonchev–Trinajstić information content (AvgIpc) is 2.65. The van der Waals surface area contributed by atoms with Crippen LogP contribution in [0.4, 0.5) is 4.79 Å². The minimum absolute atomic E-state index is 1.22. The monoisotopic (exact) mass is 332 g/mol. The number of rotatable bonds is 2. The minimum Gasteiger partial charge on any atom is -0.450 e. The number of fused-ring (bicyclic) bond motifs is 1. The molecule has 3 saturated heterocycles. The van der Waals surface area contributed by atoms with E-state index >= 15 is 0 Å². The third-order valence-corrected chi connectivity index (χ3v) is 4.69. The normalized spacial score (nSPS) is 58.2. The van der Waals surface area contributed by atoms with Crippen LogP contribution in [0.1, 0.15) is 0 Å². The van der Waals surface area contributed by atoms with Crippen LogP contribution in [0.2, 0.25) is 0 Å². The first-order chi connectivity index (χ1) is 9.45. The molecule has 0 radical (unpaired) electrons. The minimum atomic E-state index is -4.80. The molecule has 0 aromatic heterocycles. The smallest absolute Gasteiger partial charge is 0.450 e. The van der Waals surface area contributed by atoms with Gasteiger partial charge >= 0.3 is 37.3 Å².